The summed E-state index contributed by atoms with van der Waals surface area (Å²) < 4.78 is 65.4. The minimum atomic E-state index is -5.06. The van der Waals surface area contributed by atoms with Gasteiger partial charge in [-0.05, 0) is 116 Å². The van der Waals surface area contributed by atoms with Gasteiger partial charge in [0.25, 0.3) is 0 Å². The largest absolute Gasteiger partial charge is 0.471 e. The molecule has 0 fully saturated rings. The van der Waals surface area contributed by atoms with Gasteiger partial charge in [0.15, 0.2) is 0 Å². The van der Waals surface area contributed by atoms with E-state index >= 15 is 0 Å². The normalized spacial score (nSPS) is 11.4. The lowest BCUT2D eigenvalue weighted by atomic mass is 10.1. The summed E-state index contributed by atoms with van der Waals surface area (Å²) >= 11 is 3.62. The van der Waals surface area contributed by atoms with Crippen molar-refractivity contribution in [1.29, 1.82) is 0 Å². The third-order valence-corrected chi connectivity index (χ3v) is 10.3. The molecule has 0 aliphatic carbocycles. The van der Waals surface area contributed by atoms with Crippen LogP contribution in [0.2, 0.25) is 0 Å². The van der Waals surface area contributed by atoms with Crippen LogP contribution >= 0.6 is 15.9 Å². The molecule has 2 aromatic heterocycles. The van der Waals surface area contributed by atoms with Gasteiger partial charge in [-0.3, -0.25) is 48.6 Å². The van der Waals surface area contributed by atoms with Crippen molar-refractivity contribution in [1.82, 2.24) is 30.0 Å². The average molecular weight is 1090 g/mol. The number of esters is 4. The van der Waals surface area contributed by atoms with Crippen LogP contribution < -0.4 is 10.6 Å². The van der Waals surface area contributed by atoms with Crippen molar-refractivity contribution < 1.29 is 65.6 Å². The molecule has 0 atom stereocenters. The molecule has 3 rings (SSSR count). The van der Waals surface area contributed by atoms with Crippen molar-refractivity contribution in [2.45, 2.75) is 112 Å². The summed E-state index contributed by atoms with van der Waals surface area (Å²) in [4.78, 5) is 89.4. The number of hydrogen-bond acceptors (Lipinski definition) is 16. The van der Waals surface area contributed by atoms with Gasteiger partial charge in [-0.15, -0.1) is 0 Å². The van der Waals surface area contributed by atoms with Gasteiger partial charge in [-0.1, -0.05) is 40.6 Å². The van der Waals surface area contributed by atoms with Crippen molar-refractivity contribution in [3.8, 4) is 11.8 Å². The molecule has 400 valence electrons. The van der Waals surface area contributed by atoms with Gasteiger partial charge >= 0.3 is 42.1 Å². The number of carbonyl (C=O) groups is 6. The first-order valence-corrected chi connectivity index (χ1v) is 24.8. The number of anilines is 1. The second kappa shape index (κ2) is 31.4. The highest BCUT2D eigenvalue weighted by Gasteiger charge is 2.38. The predicted octanol–water partition coefficient (Wildman–Crippen LogP) is 7.08. The number of rotatable bonds is 28. The number of pyridine rings is 2. The van der Waals surface area contributed by atoms with Gasteiger partial charge in [0, 0.05) is 54.0 Å². The quantitative estimate of drug-likeness (QED) is 0.0322. The molecule has 0 saturated carbocycles. The van der Waals surface area contributed by atoms with Crippen molar-refractivity contribution in [3.05, 3.63) is 86.9 Å². The zero-order valence-corrected chi connectivity index (χ0v) is 44.2. The fourth-order valence-electron chi connectivity index (χ4n) is 6.98. The number of ether oxygens (including phenoxy) is 5. The maximum absolute atomic E-state index is 12.9. The molecule has 2 amide bonds. The Morgan fingerprint density at radius 2 is 1.00 bits per heavy atom. The van der Waals surface area contributed by atoms with Gasteiger partial charge in [0.05, 0.1) is 75.4 Å². The van der Waals surface area contributed by atoms with E-state index in [2.05, 4.69) is 38.0 Å². The van der Waals surface area contributed by atoms with Gasteiger partial charge in [-0.25, -0.2) is 4.79 Å². The maximum atomic E-state index is 12.9. The van der Waals surface area contributed by atoms with E-state index in [-0.39, 0.29) is 77.9 Å². The highest BCUT2D eigenvalue weighted by Crippen LogP contribution is 2.21. The first-order valence-electron chi connectivity index (χ1n) is 24.0. The molecule has 2 N–H and O–H groups in total. The summed E-state index contributed by atoms with van der Waals surface area (Å²) in [6.07, 6.45) is -2.49. The second-order valence-electron chi connectivity index (χ2n) is 17.4. The molecule has 2 heterocycles. The fraction of sp³-hybridized carbons (Fsp3) is 0.529. The Morgan fingerprint density at radius 1 is 0.589 bits per heavy atom. The number of alkyl halides is 3. The third-order valence-electron chi connectivity index (χ3n) is 9.82. The Morgan fingerprint density at radius 3 is 1.42 bits per heavy atom. The molecule has 22 heteroatoms. The van der Waals surface area contributed by atoms with Crippen LogP contribution in [0.15, 0.2) is 53.0 Å². The Kier molecular flexibility index (Phi) is 26.3. The van der Waals surface area contributed by atoms with Crippen LogP contribution in [0.5, 0.6) is 0 Å². The molecule has 0 saturated heterocycles. The molecule has 0 bridgehead atoms. The number of benzene rings is 1. The highest BCUT2D eigenvalue weighted by atomic mass is 79.9. The molecule has 3 aromatic rings. The van der Waals surface area contributed by atoms with Gasteiger partial charge in [-0.2, -0.15) is 13.2 Å². The standard InChI is InChI=1S/C51H67BrF3N7O11/c1-8-69-44(63)32-61(33-45(64)70-9-2)30-41-25-37(17-16-36-18-20-39(21-19-36)59-48(67)51(53,54)55)24-40(57-41)28-60(23-15-13-12-14-22-56-49(68)73-50(5,6)7)29-42-26-38(52)27-43(58-42)31-62(34-46(65)71-10-3)35-47(66)72-11-4/h18-21,24-27H,8-15,22-23,28-35H2,1-7H3,(H,56,68)(H,59,67). The molecular formula is C51H67BrF3N7O11. The number of alkyl carbamates (subject to hydrolysis) is 1. The lowest BCUT2D eigenvalue weighted by molar-refractivity contribution is -0.167. The van der Waals surface area contributed by atoms with Crippen LogP contribution in [0.3, 0.4) is 0 Å². The number of unbranched alkanes of at least 4 members (excludes halogenated alkanes) is 3. The van der Waals surface area contributed by atoms with Crippen LogP contribution in [0.25, 0.3) is 0 Å². The monoisotopic (exact) mass is 1090 g/mol. The molecule has 0 unspecified atom stereocenters. The first-order chi connectivity index (χ1) is 34.6. The van der Waals surface area contributed by atoms with Crippen LogP contribution in [0.4, 0.5) is 23.7 Å². The topological polar surface area (TPSA) is 208 Å². The minimum absolute atomic E-state index is 0.00965. The van der Waals surface area contributed by atoms with Crippen molar-refractivity contribution in [2.24, 2.45) is 0 Å². The number of aromatic nitrogens is 2. The molecule has 18 nitrogen and oxygen atoms in total. The molecule has 0 radical (unpaired) electrons. The molecule has 0 aliphatic heterocycles. The van der Waals surface area contributed by atoms with Crippen LogP contribution in [0, 0.1) is 11.8 Å². The fourth-order valence-corrected chi connectivity index (χ4v) is 7.51. The smallest absolute Gasteiger partial charge is 0.465 e. The summed E-state index contributed by atoms with van der Waals surface area (Å²) in [6.45, 7) is 13.5. The van der Waals surface area contributed by atoms with Gasteiger partial charge < -0.3 is 34.3 Å². The number of halogens is 4. The lowest BCUT2D eigenvalue weighted by Crippen LogP contribution is -2.36. The Labute approximate surface area is 433 Å². The third kappa shape index (κ3) is 25.9. The van der Waals surface area contributed by atoms with Crippen LogP contribution in [0.1, 0.15) is 108 Å². The number of amides is 2. The van der Waals surface area contributed by atoms with E-state index in [0.29, 0.717) is 64.4 Å². The molecule has 73 heavy (non-hydrogen) atoms. The van der Waals surface area contributed by atoms with Crippen molar-refractivity contribution >= 4 is 57.5 Å². The number of carbonyl (C=O) groups excluding carboxylic acids is 6. The summed E-state index contributed by atoms with van der Waals surface area (Å²) in [5.41, 5.74) is 2.46. The number of nitrogens with zero attached hydrogens (tertiary/aromatic N) is 5. The van der Waals surface area contributed by atoms with E-state index in [0.717, 1.165) is 19.3 Å². The molecule has 0 spiro atoms. The zero-order valence-electron chi connectivity index (χ0n) is 42.6. The van der Waals surface area contributed by atoms with E-state index in [1.807, 2.05) is 11.4 Å². The Hall–Kier alpha value is -6.15. The van der Waals surface area contributed by atoms with Gasteiger partial charge in [0.1, 0.15) is 5.60 Å². The van der Waals surface area contributed by atoms with E-state index in [1.54, 1.807) is 76.5 Å². The zero-order chi connectivity index (χ0) is 54.0. The molecule has 1 aromatic carbocycles. The minimum Gasteiger partial charge on any atom is -0.465 e. The highest BCUT2D eigenvalue weighted by molar-refractivity contribution is 9.10. The maximum Gasteiger partial charge on any atom is 0.471 e. The molecular weight excluding hydrogens is 1020 g/mol. The Bertz CT molecular complexity index is 2320. The summed E-state index contributed by atoms with van der Waals surface area (Å²) in [5, 5.41) is 4.60. The lowest BCUT2D eigenvalue weighted by Gasteiger charge is -2.24. The predicted molar refractivity (Wildman–Crippen MR) is 267 cm³/mol. The van der Waals surface area contributed by atoms with Crippen molar-refractivity contribution in [3.63, 3.8) is 0 Å². The molecule has 0 aliphatic rings. The van der Waals surface area contributed by atoms with Gasteiger partial charge in [0.2, 0.25) is 0 Å². The first kappa shape index (κ1) is 61.2. The van der Waals surface area contributed by atoms with Crippen LogP contribution in [-0.2, 0) is 73.8 Å². The second-order valence-corrected chi connectivity index (χ2v) is 18.4. The number of nitrogens with one attached hydrogen (secondary N) is 2. The van der Waals surface area contributed by atoms with E-state index in [4.69, 9.17) is 33.7 Å². The summed E-state index contributed by atoms with van der Waals surface area (Å²) in [7, 11) is 0. The van der Waals surface area contributed by atoms with E-state index < -0.39 is 47.7 Å². The average Bonchev–Trinajstić information content (AvgIpc) is 3.27. The summed E-state index contributed by atoms with van der Waals surface area (Å²) in [6, 6.07) is 12.7. The summed E-state index contributed by atoms with van der Waals surface area (Å²) in [5.74, 6) is 1.88. The SMILES string of the molecule is CCOC(=O)CN(CC(=O)OCC)Cc1cc(Br)cc(CN(CCCCCCNC(=O)OC(C)(C)C)Cc2cc(C#Cc3ccc(NC(=O)C(F)(F)F)cc3)cc(CN(CC(=O)OCC)CC(=O)OCC)n2)n1. The van der Waals surface area contributed by atoms with E-state index in [9.17, 15) is 41.9 Å². The van der Waals surface area contributed by atoms with Crippen molar-refractivity contribution in [2.75, 3.05) is 71.0 Å². The Balaban J connectivity index is 2.05. The van der Waals surface area contributed by atoms with Crippen LogP contribution in [-0.4, -0.2) is 138 Å². The number of hydrogen-bond donors (Lipinski definition) is 2. The van der Waals surface area contributed by atoms with E-state index in [1.165, 1.54) is 24.3 Å².